The number of urea groups is 1. The van der Waals surface area contributed by atoms with Crippen LogP contribution in [-0.2, 0) is 5.41 Å². The van der Waals surface area contributed by atoms with Crippen LogP contribution in [0.25, 0.3) is 10.9 Å². The Hall–Kier alpha value is -3.02. The van der Waals surface area contributed by atoms with Gasteiger partial charge in [0.25, 0.3) is 0 Å². The number of H-pyrrole nitrogens is 1. The first-order valence-corrected chi connectivity index (χ1v) is 9.19. The molecule has 0 aliphatic carbocycles. The highest BCUT2D eigenvalue weighted by Gasteiger charge is 2.28. The molecule has 4 rings (SSSR count). The van der Waals surface area contributed by atoms with Crippen LogP contribution in [0, 0.1) is 0 Å². The second-order valence-electron chi connectivity index (χ2n) is 7.90. The molecule has 0 saturated carbocycles. The minimum absolute atomic E-state index is 0.0214. The number of hydrogen-bond donors (Lipinski definition) is 3. The molecule has 3 N–H and O–H groups in total. The first-order valence-electron chi connectivity index (χ1n) is 9.19. The van der Waals surface area contributed by atoms with Gasteiger partial charge in [-0.2, -0.15) is 5.10 Å². The van der Waals surface area contributed by atoms with Gasteiger partial charge in [-0.1, -0.05) is 45.0 Å². The molecule has 1 atom stereocenters. The molecule has 2 heterocycles. The number of aromatic amines is 1. The number of amides is 2. The van der Waals surface area contributed by atoms with Gasteiger partial charge in [0.15, 0.2) is 0 Å². The molecule has 0 bridgehead atoms. The van der Waals surface area contributed by atoms with Crippen LogP contribution in [0.5, 0.6) is 5.75 Å². The summed E-state index contributed by atoms with van der Waals surface area (Å²) in [5.74, 6) is 0.901. The van der Waals surface area contributed by atoms with E-state index in [-0.39, 0.29) is 17.5 Å². The van der Waals surface area contributed by atoms with Crippen molar-refractivity contribution in [2.45, 2.75) is 38.6 Å². The van der Waals surface area contributed by atoms with Crippen molar-refractivity contribution in [2.24, 2.45) is 0 Å². The second kappa shape index (κ2) is 6.61. The minimum Gasteiger partial charge on any atom is -0.493 e. The van der Waals surface area contributed by atoms with Crippen LogP contribution in [0.15, 0.2) is 42.6 Å². The molecule has 0 fully saturated rings. The van der Waals surface area contributed by atoms with Gasteiger partial charge in [-0.15, -0.1) is 0 Å². The van der Waals surface area contributed by atoms with Crippen LogP contribution < -0.4 is 15.4 Å². The highest BCUT2D eigenvalue weighted by Crippen LogP contribution is 2.40. The molecular formula is C21H24N4O2. The summed E-state index contributed by atoms with van der Waals surface area (Å²) in [4.78, 5) is 12.6. The zero-order valence-corrected chi connectivity index (χ0v) is 15.8. The Bertz CT molecular complexity index is 987. The molecule has 6 nitrogen and oxygen atoms in total. The lowest BCUT2D eigenvalue weighted by Gasteiger charge is -2.31. The third-order valence-corrected chi connectivity index (χ3v) is 4.92. The molecule has 0 unspecified atom stereocenters. The summed E-state index contributed by atoms with van der Waals surface area (Å²) in [5.41, 5.74) is 3.79. The summed E-state index contributed by atoms with van der Waals surface area (Å²) >= 11 is 0. The lowest BCUT2D eigenvalue weighted by atomic mass is 9.83. The number of benzene rings is 2. The van der Waals surface area contributed by atoms with Crippen LogP contribution in [0.2, 0.25) is 0 Å². The van der Waals surface area contributed by atoms with E-state index in [1.165, 1.54) is 0 Å². The SMILES string of the molecule is CC(C)(C)c1cccc2c1OCC[C@H]2NC(=O)Nc1cccc2[nH]ncc12. The molecule has 0 saturated heterocycles. The molecule has 27 heavy (non-hydrogen) atoms. The number of para-hydroxylation sites is 1. The molecule has 1 aromatic heterocycles. The smallest absolute Gasteiger partial charge is 0.319 e. The van der Waals surface area contributed by atoms with Crippen LogP contribution in [0.3, 0.4) is 0 Å². The van der Waals surface area contributed by atoms with Gasteiger partial charge in [-0.3, -0.25) is 5.10 Å². The Morgan fingerprint density at radius 3 is 2.85 bits per heavy atom. The first kappa shape index (κ1) is 17.4. The van der Waals surface area contributed by atoms with E-state index in [0.29, 0.717) is 6.61 Å². The molecular weight excluding hydrogens is 340 g/mol. The van der Waals surface area contributed by atoms with Crippen molar-refractivity contribution < 1.29 is 9.53 Å². The van der Waals surface area contributed by atoms with Gasteiger partial charge in [0.1, 0.15) is 5.75 Å². The Balaban J connectivity index is 1.56. The van der Waals surface area contributed by atoms with Crippen LogP contribution in [0.1, 0.15) is 44.4 Å². The quantitative estimate of drug-likeness (QED) is 0.626. The standard InChI is InChI=1S/C21H24N4O2/c1-21(2,3)15-7-4-6-13-17(10-11-27-19(13)15)24-20(26)23-16-8-5-9-18-14(16)12-22-25-18/h4-9,12,17H,10-11H2,1-3H3,(H,22,25)(H2,23,24,26)/t17-/m1/s1. The average molecular weight is 364 g/mol. The number of nitrogens with zero attached hydrogens (tertiary/aromatic N) is 1. The van der Waals surface area contributed by atoms with E-state index in [9.17, 15) is 4.79 Å². The number of ether oxygens (including phenoxy) is 1. The number of carbonyl (C=O) groups is 1. The summed E-state index contributed by atoms with van der Waals surface area (Å²) in [6.45, 7) is 7.09. The van der Waals surface area contributed by atoms with E-state index < -0.39 is 0 Å². The topological polar surface area (TPSA) is 79.0 Å². The monoisotopic (exact) mass is 364 g/mol. The van der Waals surface area contributed by atoms with E-state index in [2.05, 4.69) is 47.7 Å². The molecule has 140 valence electrons. The summed E-state index contributed by atoms with van der Waals surface area (Å²) in [6.07, 6.45) is 2.45. The summed E-state index contributed by atoms with van der Waals surface area (Å²) in [7, 11) is 0. The first-order chi connectivity index (χ1) is 12.9. The summed E-state index contributed by atoms with van der Waals surface area (Å²) in [5, 5.41) is 13.9. The minimum atomic E-state index is -0.234. The number of rotatable bonds is 2. The van der Waals surface area contributed by atoms with E-state index in [1.54, 1.807) is 6.20 Å². The van der Waals surface area contributed by atoms with Gasteiger partial charge in [-0.05, 0) is 23.1 Å². The number of hydrogen-bond acceptors (Lipinski definition) is 3. The Kier molecular flexibility index (Phi) is 4.26. The van der Waals surface area contributed by atoms with Crippen molar-refractivity contribution in [1.82, 2.24) is 15.5 Å². The predicted molar refractivity (Wildman–Crippen MR) is 106 cm³/mol. The number of fused-ring (bicyclic) bond motifs is 2. The zero-order chi connectivity index (χ0) is 19.0. The fraction of sp³-hybridized carbons (Fsp3) is 0.333. The predicted octanol–water partition coefficient (Wildman–Crippen LogP) is 4.51. The third-order valence-electron chi connectivity index (χ3n) is 4.92. The van der Waals surface area contributed by atoms with Gasteiger partial charge < -0.3 is 15.4 Å². The summed E-state index contributed by atoms with van der Waals surface area (Å²) in [6, 6.07) is 11.5. The largest absolute Gasteiger partial charge is 0.493 e. The number of anilines is 1. The van der Waals surface area contributed by atoms with E-state index in [4.69, 9.17) is 4.74 Å². The van der Waals surface area contributed by atoms with E-state index in [1.807, 2.05) is 30.3 Å². The molecule has 1 aliphatic rings. The van der Waals surface area contributed by atoms with Crippen molar-refractivity contribution in [3.63, 3.8) is 0 Å². The lowest BCUT2D eigenvalue weighted by Crippen LogP contribution is -2.35. The highest BCUT2D eigenvalue weighted by molar-refractivity contribution is 6.00. The Morgan fingerprint density at radius 2 is 2.04 bits per heavy atom. The highest BCUT2D eigenvalue weighted by atomic mass is 16.5. The molecule has 0 spiro atoms. The number of aromatic nitrogens is 2. The molecule has 2 aromatic carbocycles. The normalized spacial score (nSPS) is 16.5. The maximum absolute atomic E-state index is 12.6. The van der Waals surface area contributed by atoms with Crippen LogP contribution >= 0.6 is 0 Å². The van der Waals surface area contributed by atoms with Crippen LogP contribution in [-0.4, -0.2) is 22.8 Å². The van der Waals surface area contributed by atoms with Gasteiger partial charge in [0.05, 0.1) is 30.0 Å². The van der Waals surface area contributed by atoms with Gasteiger partial charge >= 0.3 is 6.03 Å². The number of nitrogens with one attached hydrogen (secondary N) is 3. The third kappa shape index (κ3) is 3.35. The Morgan fingerprint density at radius 1 is 1.22 bits per heavy atom. The molecule has 3 aromatic rings. The van der Waals surface area contributed by atoms with Crippen molar-refractivity contribution in [3.8, 4) is 5.75 Å². The maximum atomic E-state index is 12.6. The van der Waals surface area contributed by atoms with Gasteiger partial charge in [0.2, 0.25) is 0 Å². The number of carbonyl (C=O) groups excluding carboxylic acids is 1. The van der Waals surface area contributed by atoms with Crippen LogP contribution in [0.4, 0.5) is 10.5 Å². The average Bonchev–Trinajstić information content (AvgIpc) is 3.10. The zero-order valence-electron chi connectivity index (χ0n) is 15.8. The molecule has 0 radical (unpaired) electrons. The van der Waals surface area contributed by atoms with Crippen molar-refractivity contribution in [3.05, 3.63) is 53.7 Å². The lowest BCUT2D eigenvalue weighted by molar-refractivity contribution is 0.230. The maximum Gasteiger partial charge on any atom is 0.319 e. The fourth-order valence-corrected chi connectivity index (χ4v) is 3.56. The van der Waals surface area contributed by atoms with Crippen molar-refractivity contribution in [1.29, 1.82) is 0 Å². The summed E-state index contributed by atoms with van der Waals surface area (Å²) < 4.78 is 5.97. The second-order valence-corrected chi connectivity index (χ2v) is 7.90. The molecule has 6 heteroatoms. The fourth-order valence-electron chi connectivity index (χ4n) is 3.56. The van der Waals surface area contributed by atoms with E-state index >= 15 is 0 Å². The van der Waals surface area contributed by atoms with Crippen molar-refractivity contribution in [2.75, 3.05) is 11.9 Å². The molecule has 1 aliphatic heterocycles. The Labute approximate surface area is 158 Å². The van der Waals surface area contributed by atoms with E-state index in [0.717, 1.165) is 39.9 Å². The molecule has 2 amide bonds. The van der Waals surface area contributed by atoms with Gasteiger partial charge in [0, 0.05) is 17.4 Å². The van der Waals surface area contributed by atoms with Crippen molar-refractivity contribution >= 4 is 22.6 Å². The van der Waals surface area contributed by atoms with Gasteiger partial charge in [-0.25, -0.2) is 4.79 Å².